The first kappa shape index (κ1) is 23.1. The molecule has 1 heterocycles. The summed E-state index contributed by atoms with van der Waals surface area (Å²) in [7, 11) is 0. The highest BCUT2D eigenvalue weighted by atomic mass is 16.5. The van der Waals surface area contributed by atoms with E-state index in [9.17, 15) is 9.59 Å². The Morgan fingerprint density at radius 2 is 1.79 bits per heavy atom. The lowest BCUT2D eigenvalue weighted by molar-refractivity contribution is -0.117. The molecule has 1 amide bonds. The molecule has 0 aliphatic heterocycles. The fraction of sp³-hybridized carbons (Fsp3) is 0.179. The van der Waals surface area contributed by atoms with Gasteiger partial charge in [-0.05, 0) is 65.8 Å². The maximum absolute atomic E-state index is 12.9. The van der Waals surface area contributed by atoms with Crippen LogP contribution in [0.2, 0.25) is 0 Å². The van der Waals surface area contributed by atoms with Crippen molar-refractivity contribution in [1.29, 1.82) is 0 Å². The van der Waals surface area contributed by atoms with Gasteiger partial charge in [-0.2, -0.15) is 0 Å². The van der Waals surface area contributed by atoms with E-state index >= 15 is 0 Å². The normalized spacial score (nSPS) is 11.7. The summed E-state index contributed by atoms with van der Waals surface area (Å²) >= 11 is 0. The van der Waals surface area contributed by atoms with Crippen LogP contribution in [0.15, 0.2) is 79.1 Å². The summed E-state index contributed by atoms with van der Waals surface area (Å²) in [6, 6.07) is 20.6. The van der Waals surface area contributed by atoms with Gasteiger partial charge in [0, 0.05) is 30.0 Å². The SMILES string of the molecule is Cc1cccc(C(=O)OCc2ccc([C@@H](CN)C(=O)Nc3ccc4cnccc4c3)cc2)c1C. The Kier molecular flexibility index (Phi) is 6.99. The summed E-state index contributed by atoms with van der Waals surface area (Å²) in [6.45, 7) is 4.20. The van der Waals surface area contributed by atoms with Gasteiger partial charge in [0.15, 0.2) is 0 Å². The first-order valence-electron chi connectivity index (χ1n) is 11.1. The number of benzene rings is 3. The van der Waals surface area contributed by atoms with E-state index in [-0.39, 0.29) is 25.0 Å². The highest BCUT2D eigenvalue weighted by molar-refractivity contribution is 5.98. The van der Waals surface area contributed by atoms with E-state index < -0.39 is 5.92 Å². The molecule has 6 nitrogen and oxygen atoms in total. The van der Waals surface area contributed by atoms with Crippen molar-refractivity contribution in [3.8, 4) is 0 Å². The second-order valence-electron chi connectivity index (χ2n) is 8.28. The molecule has 3 aromatic carbocycles. The molecule has 3 N–H and O–H groups in total. The lowest BCUT2D eigenvalue weighted by Gasteiger charge is -2.16. The van der Waals surface area contributed by atoms with Gasteiger partial charge in [0.25, 0.3) is 0 Å². The molecule has 0 aliphatic rings. The Morgan fingerprint density at radius 1 is 1.00 bits per heavy atom. The van der Waals surface area contributed by atoms with Gasteiger partial charge in [-0.1, -0.05) is 42.5 Å². The van der Waals surface area contributed by atoms with Crippen LogP contribution in [0.5, 0.6) is 0 Å². The molecule has 4 aromatic rings. The molecule has 34 heavy (non-hydrogen) atoms. The number of anilines is 1. The zero-order chi connectivity index (χ0) is 24.1. The van der Waals surface area contributed by atoms with Gasteiger partial charge in [0.1, 0.15) is 6.61 Å². The third-order valence-corrected chi connectivity index (χ3v) is 6.04. The molecule has 0 saturated heterocycles. The second kappa shape index (κ2) is 10.3. The first-order chi connectivity index (χ1) is 16.5. The van der Waals surface area contributed by atoms with Crippen LogP contribution in [0.25, 0.3) is 10.8 Å². The molecule has 0 fully saturated rings. The van der Waals surface area contributed by atoms with Crippen molar-refractivity contribution in [3.63, 3.8) is 0 Å². The number of pyridine rings is 1. The predicted octanol–water partition coefficient (Wildman–Crippen LogP) is 4.89. The Labute approximate surface area is 198 Å². The highest BCUT2D eigenvalue weighted by Crippen LogP contribution is 2.22. The molecule has 4 rings (SSSR count). The molecule has 1 atom stereocenters. The highest BCUT2D eigenvalue weighted by Gasteiger charge is 2.19. The molecule has 6 heteroatoms. The molecule has 0 unspecified atom stereocenters. The summed E-state index contributed by atoms with van der Waals surface area (Å²) in [5.74, 6) is -1.03. The van der Waals surface area contributed by atoms with Crippen LogP contribution in [0.3, 0.4) is 0 Å². The average Bonchev–Trinajstić information content (AvgIpc) is 2.85. The van der Waals surface area contributed by atoms with Crippen molar-refractivity contribution < 1.29 is 14.3 Å². The van der Waals surface area contributed by atoms with Crippen molar-refractivity contribution in [2.24, 2.45) is 5.73 Å². The summed E-state index contributed by atoms with van der Waals surface area (Å²) in [4.78, 5) is 29.5. The second-order valence-corrected chi connectivity index (χ2v) is 8.28. The number of hydrogen-bond donors (Lipinski definition) is 2. The maximum Gasteiger partial charge on any atom is 0.338 e. The van der Waals surface area contributed by atoms with Gasteiger partial charge in [0.2, 0.25) is 5.91 Å². The Balaban J connectivity index is 1.40. The van der Waals surface area contributed by atoms with E-state index in [2.05, 4.69) is 10.3 Å². The number of rotatable bonds is 7. The number of nitrogens with zero attached hydrogens (tertiary/aromatic N) is 1. The summed E-state index contributed by atoms with van der Waals surface area (Å²) in [5.41, 5.74) is 10.8. The van der Waals surface area contributed by atoms with E-state index in [1.165, 1.54) is 0 Å². The third-order valence-electron chi connectivity index (χ3n) is 6.04. The topological polar surface area (TPSA) is 94.3 Å². The Morgan fingerprint density at radius 3 is 2.56 bits per heavy atom. The molecule has 0 radical (unpaired) electrons. The molecule has 0 saturated carbocycles. The van der Waals surface area contributed by atoms with Crippen molar-refractivity contribution in [3.05, 3.63) is 107 Å². The van der Waals surface area contributed by atoms with E-state index in [0.717, 1.165) is 33.0 Å². The van der Waals surface area contributed by atoms with Gasteiger partial charge < -0.3 is 15.8 Å². The van der Waals surface area contributed by atoms with Gasteiger partial charge in [0.05, 0.1) is 11.5 Å². The number of aromatic nitrogens is 1. The van der Waals surface area contributed by atoms with Gasteiger partial charge in [-0.25, -0.2) is 4.79 Å². The molecule has 0 spiro atoms. The fourth-order valence-corrected chi connectivity index (χ4v) is 3.83. The smallest absolute Gasteiger partial charge is 0.338 e. The number of ether oxygens (including phenoxy) is 1. The van der Waals surface area contributed by atoms with Crippen molar-refractivity contribution in [2.75, 3.05) is 11.9 Å². The molecular weight excluding hydrogens is 426 g/mol. The van der Waals surface area contributed by atoms with Crippen LogP contribution in [-0.2, 0) is 16.1 Å². The zero-order valence-electron chi connectivity index (χ0n) is 19.2. The molecule has 0 aliphatic carbocycles. The number of fused-ring (bicyclic) bond motifs is 1. The largest absolute Gasteiger partial charge is 0.457 e. The Hall–Kier alpha value is -4.03. The minimum Gasteiger partial charge on any atom is -0.457 e. The molecule has 172 valence electrons. The number of esters is 1. The standard InChI is InChI=1S/C28H27N3O3/c1-18-4-3-5-25(19(18)2)28(33)34-17-20-6-8-21(9-7-20)26(15-29)27(32)31-24-11-10-23-16-30-13-12-22(23)14-24/h3-14,16,26H,15,17,29H2,1-2H3,(H,31,32)/t26-/m1/s1. The summed E-state index contributed by atoms with van der Waals surface area (Å²) in [5, 5.41) is 4.96. The number of amides is 1. The average molecular weight is 454 g/mol. The third kappa shape index (κ3) is 5.13. The van der Waals surface area contributed by atoms with E-state index in [1.807, 2.05) is 74.5 Å². The first-order valence-corrected chi connectivity index (χ1v) is 11.1. The van der Waals surface area contributed by atoms with Crippen LogP contribution in [0.1, 0.15) is 38.5 Å². The van der Waals surface area contributed by atoms with Gasteiger partial charge in [-0.3, -0.25) is 9.78 Å². The number of carbonyl (C=O) groups excluding carboxylic acids is 2. The van der Waals surface area contributed by atoms with E-state index in [4.69, 9.17) is 10.5 Å². The lowest BCUT2D eigenvalue weighted by atomic mass is 9.97. The van der Waals surface area contributed by atoms with Crippen LogP contribution < -0.4 is 11.1 Å². The number of carbonyl (C=O) groups is 2. The van der Waals surface area contributed by atoms with Crippen LogP contribution in [-0.4, -0.2) is 23.4 Å². The van der Waals surface area contributed by atoms with Crippen molar-refractivity contribution >= 4 is 28.3 Å². The monoisotopic (exact) mass is 453 g/mol. The van der Waals surface area contributed by atoms with E-state index in [1.54, 1.807) is 18.5 Å². The fourth-order valence-electron chi connectivity index (χ4n) is 3.83. The summed E-state index contributed by atoms with van der Waals surface area (Å²) < 4.78 is 5.49. The van der Waals surface area contributed by atoms with Crippen LogP contribution in [0.4, 0.5) is 5.69 Å². The minimum absolute atomic E-state index is 0.151. The number of hydrogen-bond acceptors (Lipinski definition) is 5. The molecule has 1 aromatic heterocycles. The van der Waals surface area contributed by atoms with Crippen molar-refractivity contribution in [1.82, 2.24) is 4.98 Å². The number of nitrogens with one attached hydrogen (secondary N) is 1. The predicted molar refractivity (Wildman–Crippen MR) is 134 cm³/mol. The lowest BCUT2D eigenvalue weighted by Crippen LogP contribution is -2.27. The molecule has 0 bridgehead atoms. The van der Waals surface area contributed by atoms with Crippen LogP contribution >= 0.6 is 0 Å². The number of nitrogens with two attached hydrogens (primary N) is 1. The Bertz CT molecular complexity index is 1330. The van der Waals surface area contributed by atoms with Gasteiger partial charge >= 0.3 is 5.97 Å². The van der Waals surface area contributed by atoms with Crippen molar-refractivity contribution in [2.45, 2.75) is 26.4 Å². The van der Waals surface area contributed by atoms with Gasteiger partial charge in [-0.15, -0.1) is 0 Å². The summed E-state index contributed by atoms with van der Waals surface area (Å²) in [6.07, 6.45) is 3.50. The minimum atomic E-state index is -0.500. The zero-order valence-corrected chi connectivity index (χ0v) is 19.2. The number of aryl methyl sites for hydroxylation is 1. The maximum atomic E-state index is 12.9. The quantitative estimate of drug-likeness (QED) is 0.389. The van der Waals surface area contributed by atoms with Crippen LogP contribution in [0, 0.1) is 13.8 Å². The molecular formula is C28H27N3O3. The van der Waals surface area contributed by atoms with E-state index in [0.29, 0.717) is 11.3 Å².